The van der Waals surface area contributed by atoms with Crippen molar-refractivity contribution in [3.05, 3.63) is 34.5 Å². The Morgan fingerprint density at radius 3 is 2.14 bits per heavy atom. The molecule has 0 spiro atoms. The van der Waals surface area contributed by atoms with Gasteiger partial charge in [-0.3, -0.25) is 4.79 Å². The van der Waals surface area contributed by atoms with Gasteiger partial charge < -0.3 is 104 Å². The smallest absolute Gasteiger partial charge is 0.239 e. The molecule has 3 aliphatic rings. The summed E-state index contributed by atoms with van der Waals surface area (Å²) in [5.41, 5.74) is -3.73. The summed E-state index contributed by atoms with van der Waals surface area (Å²) in [6.07, 6.45) is -22.0. The predicted octanol–water partition coefficient (Wildman–Crippen LogP) is -3.94. The molecule has 3 aromatic rings. The van der Waals surface area contributed by atoms with Crippen LogP contribution in [0.5, 0.6) is 34.5 Å². The molecule has 1 unspecified atom stereocenters. The number of methoxy groups -OCH3 is 2. The highest BCUT2D eigenvalue weighted by molar-refractivity contribution is 5.91. The van der Waals surface area contributed by atoms with Gasteiger partial charge in [0.15, 0.2) is 47.4 Å². The fourth-order valence-electron chi connectivity index (χ4n) is 6.46. The third-order valence-electron chi connectivity index (χ3n) is 9.72. The van der Waals surface area contributed by atoms with Gasteiger partial charge in [-0.05, 0) is 18.2 Å². The number of rotatable bonds is 12. The second kappa shape index (κ2) is 16.4. The average Bonchev–Trinajstić information content (AvgIpc) is 3.46. The summed E-state index contributed by atoms with van der Waals surface area (Å²) in [6.45, 7) is -3.17. The van der Waals surface area contributed by atoms with Crippen molar-refractivity contribution in [2.45, 2.75) is 79.4 Å². The Kier molecular flexibility index (Phi) is 12.2. The van der Waals surface area contributed by atoms with E-state index in [1.165, 1.54) is 25.3 Å². The first-order chi connectivity index (χ1) is 26.6. The number of hydrogen-bond donors (Lipinski definition) is 12. The van der Waals surface area contributed by atoms with Gasteiger partial charge in [-0.2, -0.15) is 0 Å². The summed E-state index contributed by atoms with van der Waals surface area (Å²) in [5.74, 6) is -3.64. The molecule has 0 amide bonds. The Morgan fingerprint density at radius 1 is 0.804 bits per heavy atom. The van der Waals surface area contributed by atoms with E-state index in [9.17, 15) is 66.1 Å². The molecule has 4 heterocycles. The maximum atomic E-state index is 14.3. The van der Waals surface area contributed by atoms with E-state index in [2.05, 4.69) is 0 Å². The molecule has 6 rings (SSSR count). The van der Waals surface area contributed by atoms with Crippen molar-refractivity contribution in [2.24, 2.45) is 0 Å². The molecule has 0 saturated carbocycles. The third kappa shape index (κ3) is 7.41. The van der Waals surface area contributed by atoms with E-state index in [1.54, 1.807) is 0 Å². The van der Waals surface area contributed by atoms with Gasteiger partial charge >= 0.3 is 0 Å². The number of ether oxygens (including phenoxy) is 8. The van der Waals surface area contributed by atoms with Gasteiger partial charge in [0.1, 0.15) is 65.4 Å². The second-order valence-corrected chi connectivity index (χ2v) is 13.3. The topological polar surface area (TPSA) is 347 Å². The van der Waals surface area contributed by atoms with Crippen LogP contribution in [-0.4, -0.2) is 181 Å². The minimum atomic E-state index is -2.21. The van der Waals surface area contributed by atoms with E-state index in [0.29, 0.717) is 0 Å². The van der Waals surface area contributed by atoms with Crippen molar-refractivity contribution < 1.29 is 104 Å². The molecule has 56 heavy (non-hydrogen) atoms. The van der Waals surface area contributed by atoms with Gasteiger partial charge in [0.2, 0.25) is 23.2 Å². The number of aromatic hydroxyl groups is 3. The molecule has 13 atom stereocenters. The van der Waals surface area contributed by atoms with Gasteiger partial charge in [0.25, 0.3) is 0 Å². The second-order valence-electron chi connectivity index (χ2n) is 13.3. The first-order valence-corrected chi connectivity index (χ1v) is 16.9. The molecule has 22 heteroatoms. The van der Waals surface area contributed by atoms with Crippen molar-refractivity contribution in [2.75, 3.05) is 40.6 Å². The highest BCUT2D eigenvalue weighted by atomic mass is 16.8. The van der Waals surface area contributed by atoms with Crippen LogP contribution >= 0.6 is 0 Å². The molecule has 0 radical (unpaired) electrons. The SMILES string of the molecule is COc1cc(-c2oc3cc(O)c(OC)c(O)c3c(=O)c2O[C@@H]2O[C@H](CO[C@@H]3O[C@H](CO)[C@@H](O)[C@H](O)[C@H]3O)[C@@H](O)[C@H](O)[C@H]2O[C@@H]2OCC(O)(CO)[C@H]2O)ccc1O. The summed E-state index contributed by atoms with van der Waals surface area (Å²) in [5, 5.41) is 125. The summed E-state index contributed by atoms with van der Waals surface area (Å²) in [6, 6.07) is 4.67. The maximum absolute atomic E-state index is 14.3. The van der Waals surface area contributed by atoms with Crippen LogP contribution in [-0.2, 0) is 23.7 Å². The van der Waals surface area contributed by atoms with Gasteiger partial charge in [-0.25, -0.2) is 0 Å². The van der Waals surface area contributed by atoms with Crippen molar-refractivity contribution in [3.8, 4) is 45.8 Å². The highest BCUT2D eigenvalue weighted by Crippen LogP contribution is 2.45. The molecular weight excluding hydrogens is 760 g/mol. The Labute approximate surface area is 314 Å². The van der Waals surface area contributed by atoms with Crippen LogP contribution < -0.4 is 19.6 Å². The van der Waals surface area contributed by atoms with Crippen molar-refractivity contribution in [1.29, 1.82) is 0 Å². The standard InChI is InChI=1S/C34H42O22/c1-48-14-5-11(3-4-12(14)37)26-28(22(42)18-15(52-26)6-13(38)27(49-2)21(18)41)55-32-29(56-33-30(46)34(47,9-36)10-51-33)24(44)20(40)17(54-32)8-50-31-25(45)23(43)19(39)16(7-35)53-31/h3-6,16-17,19-20,23-25,29-33,35-41,43-47H,7-10H2,1-2H3/t16-,17-,19-,20-,23+,24+,25-,29-,30+,31-,32+,33+,34?/m1/s1. The van der Waals surface area contributed by atoms with Gasteiger partial charge in [-0.15, -0.1) is 0 Å². The Bertz CT molecular complexity index is 1920. The number of phenols is 3. The molecule has 3 saturated heterocycles. The predicted molar refractivity (Wildman–Crippen MR) is 180 cm³/mol. The minimum Gasteiger partial charge on any atom is -0.504 e. The highest BCUT2D eigenvalue weighted by Gasteiger charge is 2.54. The molecule has 0 bridgehead atoms. The Morgan fingerprint density at radius 2 is 1.50 bits per heavy atom. The molecule has 0 aliphatic carbocycles. The zero-order valence-electron chi connectivity index (χ0n) is 29.5. The monoisotopic (exact) mass is 802 g/mol. The van der Waals surface area contributed by atoms with E-state index in [1.807, 2.05) is 0 Å². The molecule has 22 nitrogen and oxygen atoms in total. The lowest BCUT2D eigenvalue weighted by molar-refractivity contribution is -0.337. The van der Waals surface area contributed by atoms with Crippen LogP contribution in [0.1, 0.15) is 0 Å². The van der Waals surface area contributed by atoms with Crippen LogP contribution in [0.2, 0.25) is 0 Å². The number of aliphatic hydroxyl groups excluding tert-OH is 8. The van der Waals surface area contributed by atoms with Gasteiger partial charge in [-0.1, -0.05) is 0 Å². The number of fused-ring (bicyclic) bond motifs is 1. The van der Waals surface area contributed by atoms with Crippen molar-refractivity contribution in [3.63, 3.8) is 0 Å². The number of phenolic OH excluding ortho intramolecular Hbond substituents is 3. The third-order valence-corrected chi connectivity index (χ3v) is 9.72. The molecule has 12 N–H and O–H groups in total. The normalized spacial score (nSPS) is 34.8. The quantitative estimate of drug-likeness (QED) is 0.0831. The first-order valence-electron chi connectivity index (χ1n) is 16.9. The van der Waals surface area contributed by atoms with Crippen molar-refractivity contribution in [1.82, 2.24) is 0 Å². The molecule has 310 valence electrons. The van der Waals surface area contributed by atoms with E-state index in [-0.39, 0.29) is 22.6 Å². The fourth-order valence-corrected chi connectivity index (χ4v) is 6.46. The van der Waals surface area contributed by atoms with Crippen LogP contribution in [0.15, 0.2) is 33.5 Å². The van der Waals surface area contributed by atoms with E-state index >= 15 is 0 Å². The zero-order chi connectivity index (χ0) is 40.8. The molecule has 1 aromatic heterocycles. The fraction of sp³-hybridized carbons (Fsp3) is 0.559. The Hall–Kier alpha value is -4.11. The summed E-state index contributed by atoms with van der Waals surface area (Å²) in [7, 11) is 2.34. The summed E-state index contributed by atoms with van der Waals surface area (Å²) < 4.78 is 50.2. The molecular formula is C34H42O22. The van der Waals surface area contributed by atoms with Crippen LogP contribution in [0.4, 0.5) is 0 Å². The Balaban J connectivity index is 1.43. The summed E-state index contributed by atoms with van der Waals surface area (Å²) in [4.78, 5) is 14.3. The van der Waals surface area contributed by atoms with E-state index in [0.717, 1.165) is 13.2 Å². The lowest BCUT2D eigenvalue weighted by Crippen LogP contribution is -2.63. The average molecular weight is 803 g/mol. The maximum Gasteiger partial charge on any atom is 0.239 e. The van der Waals surface area contributed by atoms with Crippen LogP contribution in [0, 0.1) is 0 Å². The van der Waals surface area contributed by atoms with E-state index in [4.69, 9.17) is 42.3 Å². The van der Waals surface area contributed by atoms with Gasteiger partial charge in [0, 0.05) is 11.6 Å². The van der Waals surface area contributed by atoms with Crippen LogP contribution in [0.3, 0.4) is 0 Å². The summed E-state index contributed by atoms with van der Waals surface area (Å²) >= 11 is 0. The largest absolute Gasteiger partial charge is 0.504 e. The number of benzene rings is 2. The molecule has 3 aliphatic heterocycles. The van der Waals surface area contributed by atoms with E-state index < -0.39 is 145 Å². The number of aliphatic hydroxyl groups is 9. The molecule has 3 fully saturated rings. The van der Waals surface area contributed by atoms with Crippen LogP contribution in [0.25, 0.3) is 22.3 Å². The van der Waals surface area contributed by atoms with Crippen molar-refractivity contribution >= 4 is 11.0 Å². The zero-order valence-corrected chi connectivity index (χ0v) is 29.5. The van der Waals surface area contributed by atoms with Gasteiger partial charge in [0.05, 0.1) is 40.6 Å². The molecule has 2 aromatic carbocycles. The minimum absolute atomic E-state index is 0.00219. The number of hydrogen-bond acceptors (Lipinski definition) is 22. The lowest BCUT2D eigenvalue weighted by atomic mass is 9.97. The first kappa shape index (κ1) is 41.5. The lowest BCUT2D eigenvalue weighted by Gasteiger charge is -2.44.